The molecule has 15 rings (SSSR count). The third-order valence-electron chi connectivity index (χ3n) is 20.5. The maximum atomic E-state index is 12.5. The van der Waals surface area contributed by atoms with E-state index in [0.29, 0.717) is 66.0 Å². The number of ketones is 1. The van der Waals surface area contributed by atoms with Gasteiger partial charge in [0.15, 0.2) is 0 Å². The number of carboxylic acid groups (broad SMARTS) is 3. The van der Waals surface area contributed by atoms with E-state index in [4.69, 9.17) is 48.5 Å². The minimum atomic E-state index is -5.08. The molecular formula is C89H109F3N14O16. The number of benzene rings is 7. The quantitative estimate of drug-likeness (QED) is 0.0348. The molecule has 5 aliphatic heterocycles. The minimum absolute atomic E-state index is 0.0212. The molecule has 0 spiro atoms. The summed E-state index contributed by atoms with van der Waals surface area (Å²) in [7, 11) is 3.24. The van der Waals surface area contributed by atoms with Gasteiger partial charge < -0.3 is 64.1 Å². The lowest BCUT2D eigenvalue weighted by Crippen LogP contribution is -2.35. The summed E-state index contributed by atoms with van der Waals surface area (Å²) < 4.78 is 68.1. The minimum Gasteiger partial charge on any atom is -0.508 e. The highest BCUT2D eigenvalue weighted by Crippen LogP contribution is 2.35. The van der Waals surface area contributed by atoms with Crippen LogP contribution in [0.4, 0.5) is 13.2 Å². The number of aliphatic carboxylic acids is 1. The molecule has 3 aromatic heterocycles. The zero-order chi connectivity index (χ0) is 88.5. The van der Waals surface area contributed by atoms with E-state index in [0.717, 1.165) is 120 Å². The van der Waals surface area contributed by atoms with Crippen LogP contribution >= 0.6 is 0 Å². The van der Waals surface area contributed by atoms with E-state index in [1.165, 1.54) is 74.2 Å². The summed E-state index contributed by atoms with van der Waals surface area (Å²) in [4.78, 5) is 63.3. The van der Waals surface area contributed by atoms with Gasteiger partial charge in [0.25, 0.3) is 17.6 Å². The number of methoxy groups -OCH3 is 2. The van der Waals surface area contributed by atoms with Crippen LogP contribution in [0.3, 0.4) is 0 Å². The van der Waals surface area contributed by atoms with Gasteiger partial charge in [-0.2, -0.15) is 13.2 Å². The fourth-order valence-corrected chi connectivity index (χ4v) is 13.7. The Hall–Kier alpha value is -12.3. The fraction of sp³-hybridized carbons (Fsp3) is 0.404. The Morgan fingerprint density at radius 1 is 0.459 bits per heavy atom. The Bertz CT molecular complexity index is 5140. The Balaban J connectivity index is 0.000000175. The molecule has 7 aromatic carbocycles. The zero-order valence-corrected chi connectivity index (χ0v) is 71.0. The van der Waals surface area contributed by atoms with Gasteiger partial charge in [0.05, 0.1) is 33.9 Å². The number of ether oxygens (including phenoxy) is 6. The highest BCUT2D eigenvalue weighted by atomic mass is 19.4. The lowest BCUT2D eigenvalue weighted by atomic mass is 9.98. The molecule has 0 fully saturated rings. The van der Waals surface area contributed by atoms with Crippen molar-refractivity contribution in [1.29, 1.82) is 0 Å². The average molecular weight is 1690 g/mol. The molecule has 0 amide bonds. The number of aromatic nitrogens is 9. The van der Waals surface area contributed by atoms with Crippen LogP contribution in [-0.2, 0) is 92.2 Å². The number of hydrogen-bond donors (Lipinski definition) is 7. The molecule has 33 heteroatoms. The SMILES string of the molecule is CC(C)=O.CC(C)N1CCc2cc(O)ccc2C1.CC(C)N1CCc2cc(Oc3nn[nH]c3C(=O)O)ccc2C1.CCOC(=O)c1nnn(Cc2ccc(OC)cc2)c1Oc1ccc2c(c1)CCN(C(C)C)C2.COc1ccc(Cn2nnc(C(=O)O)c2Oc2ccc3c(c2)CCN(C(C)C)C3)cc1.O=C(O)C(F)(F)F.Oc1ccc2c(c1)CCNC2. The van der Waals surface area contributed by atoms with Crippen molar-refractivity contribution in [3.63, 3.8) is 0 Å². The molecule has 0 aliphatic carbocycles. The number of esters is 1. The van der Waals surface area contributed by atoms with Gasteiger partial charge in [0, 0.05) is 83.1 Å². The summed E-state index contributed by atoms with van der Waals surface area (Å²) in [6, 6.07) is 46.4. The molecule has 0 unspecified atom stereocenters. The molecule has 8 heterocycles. The van der Waals surface area contributed by atoms with Gasteiger partial charge in [-0.25, -0.2) is 33.6 Å². The molecule has 0 bridgehead atoms. The molecule has 10 aromatic rings. The van der Waals surface area contributed by atoms with Crippen molar-refractivity contribution in [3.05, 3.63) is 223 Å². The topological polar surface area (TPSA) is 370 Å². The second kappa shape index (κ2) is 44.3. The molecule has 30 nitrogen and oxygen atoms in total. The zero-order valence-electron chi connectivity index (χ0n) is 71.0. The molecule has 0 radical (unpaired) electrons. The van der Waals surface area contributed by atoms with Crippen LogP contribution in [0.15, 0.2) is 140 Å². The van der Waals surface area contributed by atoms with Crippen molar-refractivity contribution in [1.82, 2.24) is 70.3 Å². The monoisotopic (exact) mass is 1690 g/mol. The number of halogens is 3. The lowest BCUT2D eigenvalue weighted by Gasteiger charge is -2.32. The summed E-state index contributed by atoms with van der Waals surface area (Å²) in [5.41, 5.74) is 14.4. The van der Waals surface area contributed by atoms with Crippen molar-refractivity contribution < 1.29 is 91.1 Å². The molecule has 122 heavy (non-hydrogen) atoms. The van der Waals surface area contributed by atoms with Gasteiger partial charge in [-0.1, -0.05) is 75.3 Å². The summed E-state index contributed by atoms with van der Waals surface area (Å²) in [6.07, 6.45) is -0.153. The van der Waals surface area contributed by atoms with Crippen LogP contribution < -0.4 is 29.0 Å². The number of phenolic OH excluding ortho intramolecular Hbond substituents is 2. The summed E-state index contributed by atoms with van der Waals surface area (Å²) in [5, 5.41) is 73.0. The Labute approximate surface area is 707 Å². The van der Waals surface area contributed by atoms with Crippen LogP contribution in [0.5, 0.6) is 57.9 Å². The van der Waals surface area contributed by atoms with Crippen LogP contribution in [-0.4, -0.2) is 204 Å². The normalized spacial score (nSPS) is 14.1. The number of aromatic carboxylic acids is 2. The number of carbonyl (C=O) groups is 5. The number of fused-ring (bicyclic) bond motifs is 5. The van der Waals surface area contributed by atoms with Crippen molar-refractivity contribution in [3.8, 4) is 57.9 Å². The number of hydrogen-bond acceptors (Lipinski definition) is 24. The number of aromatic hydroxyl groups is 2. The van der Waals surface area contributed by atoms with Crippen LogP contribution in [0.2, 0.25) is 0 Å². The molecule has 7 N–H and O–H groups in total. The fourth-order valence-electron chi connectivity index (χ4n) is 13.7. The number of Topliss-reactive ketones (excluding diaryl/α,β-unsaturated/α-hetero) is 1. The van der Waals surface area contributed by atoms with Gasteiger partial charge >= 0.3 is 30.1 Å². The number of nitrogens with one attached hydrogen (secondary N) is 2. The highest BCUT2D eigenvalue weighted by Gasteiger charge is 2.38. The number of nitrogens with zero attached hydrogens (tertiary/aromatic N) is 12. The summed E-state index contributed by atoms with van der Waals surface area (Å²) in [6.45, 7) is 33.3. The molecular weight excluding hydrogens is 1580 g/mol. The van der Waals surface area contributed by atoms with E-state index in [9.17, 15) is 42.6 Å². The Morgan fingerprint density at radius 2 is 0.811 bits per heavy atom. The van der Waals surface area contributed by atoms with Crippen molar-refractivity contribution in [2.75, 3.05) is 53.6 Å². The smallest absolute Gasteiger partial charge is 0.490 e. The number of carbonyl (C=O) groups excluding carboxylic acids is 2. The van der Waals surface area contributed by atoms with Crippen molar-refractivity contribution >= 4 is 29.7 Å². The van der Waals surface area contributed by atoms with E-state index < -0.39 is 30.1 Å². The molecule has 0 saturated heterocycles. The number of phenols is 2. The van der Waals surface area contributed by atoms with Gasteiger partial charge in [-0.15, -0.1) is 10.2 Å². The van der Waals surface area contributed by atoms with Gasteiger partial charge in [-0.3, -0.25) is 19.6 Å². The van der Waals surface area contributed by atoms with E-state index in [2.05, 4.69) is 128 Å². The average Bonchev–Trinajstić information content (AvgIpc) is 1.45. The van der Waals surface area contributed by atoms with E-state index in [1.54, 1.807) is 38.0 Å². The van der Waals surface area contributed by atoms with Crippen LogP contribution in [0.1, 0.15) is 174 Å². The van der Waals surface area contributed by atoms with Crippen molar-refractivity contribution in [2.45, 2.75) is 184 Å². The second-order valence-corrected chi connectivity index (χ2v) is 30.7. The first kappa shape index (κ1) is 93.6. The number of aromatic amines is 1. The van der Waals surface area contributed by atoms with Gasteiger partial charge in [0.2, 0.25) is 17.1 Å². The molecule has 5 aliphatic rings. The third kappa shape index (κ3) is 27.1. The van der Waals surface area contributed by atoms with Crippen LogP contribution in [0, 0.1) is 0 Å². The molecule has 652 valence electrons. The Morgan fingerprint density at radius 3 is 1.18 bits per heavy atom. The number of rotatable bonds is 20. The van der Waals surface area contributed by atoms with E-state index >= 15 is 0 Å². The number of carboxylic acids is 3. The largest absolute Gasteiger partial charge is 0.508 e. The second-order valence-electron chi connectivity index (χ2n) is 30.7. The predicted octanol–water partition coefficient (Wildman–Crippen LogP) is 14.1. The first-order chi connectivity index (χ1) is 58.2. The number of H-pyrrole nitrogens is 1. The Kier molecular flexibility index (Phi) is 34.0. The lowest BCUT2D eigenvalue weighted by molar-refractivity contribution is -0.192. The van der Waals surface area contributed by atoms with Crippen LogP contribution in [0.25, 0.3) is 0 Å². The summed E-state index contributed by atoms with van der Waals surface area (Å²) in [5.74, 6) is -1.02. The molecule has 0 saturated carbocycles. The van der Waals surface area contributed by atoms with Gasteiger partial charge in [0.1, 0.15) is 46.0 Å². The summed E-state index contributed by atoms with van der Waals surface area (Å²) >= 11 is 0. The first-order valence-corrected chi connectivity index (χ1v) is 40.3. The van der Waals surface area contributed by atoms with E-state index in [1.807, 2.05) is 115 Å². The van der Waals surface area contributed by atoms with Crippen molar-refractivity contribution in [2.24, 2.45) is 0 Å². The van der Waals surface area contributed by atoms with Gasteiger partial charge in [-0.05, 0) is 267 Å². The first-order valence-electron chi connectivity index (χ1n) is 40.3. The maximum absolute atomic E-state index is 12.5. The third-order valence-corrected chi connectivity index (χ3v) is 20.5. The van der Waals surface area contributed by atoms with E-state index in [-0.39, 0.29) is 47.1 Å². The predicted molar refractivity (Wildman–Crippen MR) is 449 cm³/mol. The highest BCUT2D eigenvalue weighted by molar-refractivity contribution is 5.90. The number of alkyl halides is 3. The maximum Gasteiger partial charge on any atom is 0.490 e. The molecule has 0 atom stereocenters. The standard InChI is InChI=1S/C25H30N4O4.C23H26N4O4.C15H18N4O3.C12H17NO.C9H11NO.C3H6O.C2HF3O2/c1-5-32-25(30)23-24(29(27-26-23)15-18-6-9-21(31-4)10-7-18)33-22-11-8-20-16-28(17(2)3)13-12-19(20)14-22;1-15(2)26-11-10-17-12-20(9-6-18(17)14-26)31-22-21(23(28)29)24-25-27(22)13-16-4-7-19(30-3)8-5-16;1-9(2)19-6-5-10-7-12(4-3-11(10)8-19)22-14-13(15(20)21)16-18-17-14;1-9(2)13-6-5-10-7-12(14)4-3-11(10)8-13;11-9-2-1-8-6-10-4-3-7(8)5-9;1-3(2)4;3-2(4,5)1(6)7/h6-11,14,17H,5,12-13,15-16H2,1-4H3;4-9,12,15H,10-11,13-14H2,1-3H3,(H,28,29);3-4,7,9H,5-6,8H2,1-2H3,(H,20,21)(H,16,17,18);3-4,7,9,14H,5-6,8H2,1-2H3;1-2,5,10-11H,3-4,6H2;1-2H3;(H,6,7).